The molecule has 206 valence electrons. The number of H-pyrrole nitrogens is 1. The predicted molar refractivity (Wildman–Crippen MR) is 148 cm³/mol. The first kappa shape index (κ1) is 27.8. The summed E-state index contributed by atoms with van der Waals surface area (Å²) >= 11 is 0. The van der Waals surface area contributed by atoms with E-state index < -0.39 is 11.8 Å². The molecule has 0 saturated carbocycles. The van der Waals surface area contributed by atoms with E-state index in [9.17, 15) is 18.8 Å². The van der Waals surface area contributed by atoms with Gasteiger partial charge in [-0.15, -0.1) is 0 Å². The van der Waals surface area contributed by atoms with E-state index >= 15 is 0 Å². The summed E-state index contributed by atoms with van der Waals surface area (Å²) in [5.74, 6) is -0.0788. The smallest absolute Gasteiger partial charge is 0.323 e. The molecule has 0 radical (unpaired) electrons. The minimum absolute atomic E-state index is 0.0939. The van der Waals surface area contributed by atoms with Crippen LogP contribution in [0.1, 0.15) is 28.8 Å². The number of hydrogen-bond acceptors (Lipinski definition) is 6. The summed E-state index contributed by atoms with van der Waals surface area (Å²) in [6.45, 7) is 2.15. The van der Waals surface area contributed by atoms with E-state index in [4.69, 9.17) is 4.74 Å². The van der Waals surface area contributed by atoms with Crippen LogP contribution >= 0.6 is 0 Å². The molecule has 4 aromatic rings. The van der Waals surface area contributed by atoms with Gasteiger partial charge in [-0.3, -0.25) is 14.6 Å². The lowest BCUT2D eigenvalue weighted by Gasteiger charge is -2.10. The molecule has 4 rings (SSSR count). The Morgan fingerprint density at radius 1 is 0.975 bits per heavy atom. The van der Waals surface area contributed by atoms with Gasteiger partial charge in [0.05, 0.1) is 29.7 Å². The number of urea groups is 1. The van der Waals surface area contributed by atoms with Crippen molar-refractivity contribution in [3.05, 3.63) is 90.0 Å². The first-order valence-electron chi connectivity index (χ1n) is 12.4. The number of amides is 3. The van der Waals surface area contributed by atoms with Crippen molar-refractivity contribution < 1.29 is 28.2 Å². The summed E-state index contributed by atoms with van der Waals surface area (Å²) in [7, 11) is 1.32. The molecule has 11 heteroatoms. The van der Waals surface area contributed by atoms with Gasteiger partial charge in [-0.1, -0.05) is 6.07 Å². The number of anilines is 2. The van der Waals surface area contributed by atoms with Gasteiger partial charge in [0.25, 0.3) is 5.91 Å². The molecule has 2 heterocycles. The van der Waals surface area contributed by atoms with Gasteiger partial charge >= 0.3 is 12.0 Å². The standard InChI is InChI=1S/C29H28FN5O5/c1-18-5-10-23(30)24(14-18)35-29(38)34-20-6-8-21(9-7-20)40-22-11-13-31-26(16-22)25-15-19(17-33-25)28(37)32-12-3-4-27(36)39-2/h5-11,13-17,33H,3-4,12H2,1-2H3,(H,32,37)(H2,34,35,38). The highest BCUT2D eigenvalue weighted by Crippen LogP contribution is 2.27. The maximum Gasteiger partial charge on any atom is 0.323 e. The zero-order chi connectivity index (χ0) is 28.5. The van der Waals surface area contributed by atoms with Crippen molar-refractivity contribution in [2.75, 3.05) is 24.3 Å². The number of pyridine rings is 1. The number of benzene rings is 2. The molecule has 4 N–H and O–H groups in total. The van der Waals surface area contributed by atoms with Crippen molar-refractivity contribution in [2.24, 2.45) is 0 Å². The normalized spacial score (nSPS) is 10.5. The second kappa shape index (κ2) is 13.1. The van der Waals surface area contributed by atoms with Crippen LogP contribution in [0, 0.1) is 12.7 Å². The summed E-state index contributed by atoms with van der Waals surface area (Å²) in [6, 6.07) is 15.7. The number of carbonyl (C=O) groups is 3. The second-order valence-electron chi connectivity index (χ2n) is 8.80. The number of ether oxygens (including phenoxy) is 2. The Morgan fingerprint density at radius 2 is 1.77 bits per heavy atom. The van der Waals surface area contributed by atoms with E-state index in [0.717, 1.165) is 5.56 Å². The number of methoxy groups -OCH3 is 1. The Hall–Kier alpha value is -5.19. The molecule has 0 spiro atoms. The zero-order valence-corrected chi connectivity index (χ0v) is 21.9. The number of rotatable bonds is 10. The van der Waals surface area contributed by atoms with E-state index in [-0.39, 0.29) is 24.0 Å². The van der Waals surface area contributed by atoms with E-state index in [1.807, 2.05) is 0 Å². The molecule has 0 fully saturated rings. The lowest BCUT2D eigenvalue weighted by molar-refractivity contribution is -0.140. The largest absolute Gasteiger partial charge is 0.469 e. The topological polar surface area (TPSA) is 134 Å². The van der Waals surface area contributed by atoms with Gasteiger partial charge in [0.1, 0.15) is 17.3 Å². The molecule has 40 heavy (non-hydrogen) atoms. The molecule has 2 aromatic carbocycles. The number of carbonyl (C=O) groups excluding carboxylic acids is 3. The average molecular weight is 546 g/mol. The van der Waals surface area contributed by atoms with Gasteiger partial charge in [0.15, 0.2) is 0 Å². The predicted octanol–water partition coefficient (Wildman–Crippen LogP) is 5.64. The van der Waals surface area contributed by atoms with E-state index in [1.165, 1.54) is 13.2 Å². The Labute approximate surface area is 229 Å². The third-order valence-electron chi connectivity index (χ3n) is 5.74. The number of halogens is 1. The second-order valence-corrected chi connectivity index (χ2v) is 8.80. The maximum absolute atomic E-state index is 13.9. The van der Waals surface area contributed by atoms with Crippen molar-refractivity contribution in [3.63, 3.8) is 0 Å². The molecule has 3 amide bonds. The molecule has 2 aromatic heterocycles. The lowest BCUT2D eigenvalue weighted by atomic mass is 10.2. The minimum atomic E-state index is -0.572. The van der Waals surface area contributed by atoms with Crippen LogP contribution in [-0.4, -0.2) is 41.5 Å². The van der Waals surface area contributed by atoms with Gasteiger partial charge in [0, 0.05) is 37.1 Å². The molecule has 0 aliphatic heterocycles. The van der Waals surface area contributed by atoms with Crippen LogP contribution in [0.4, 0.5) is 20.6 Å². The van der Waals surface area contributed by atoms with Gasteiger partial charge in [-0.05, 0) is 67.4 Å². The number of esters is 1. The van der Waals surface area contributed by atoms with Gasteiger partial charge in [-0.25, -0.2) is 9.18 Å². The van der Waals surface area contributed by atoms with Crippen LogP contribution in [0.2, 0.25) is 0 Å². The molecular weight excluding hydrogens is 517 g/mol. The van der Waals surface area contributed by atoms with Crippen molar-refractivity contribution >= 4 is 29.3 Å². The van der Waals surface area contributed by atoms with Crippen LogP contribution in [-0.2, 0) is 9.53 Å². The number of nitrogens with zero attached hydrogens (tertiary/aromatic N) is 1. The van der Waals surface area contributed by atoms with Crippen molar-refractivity contribution in [3.8, 4) is 22.9 Å². The van der Waals surface area contributed by atoms with E-state index in [1.54, 1.807) is 73.9 Å². The number of hydrogen-bond donors (Lipinski definition) is 4. The fourth-order valence-corrected chi connectivity index (χ4v) is 3.70. The van der Waals surface area contributed by atoms with Crippen LogP contribution in [0.25, 0.3) is 11.4 Å². The molecule has 0 saturated heterocycles. The quantitative estimate of drug-likeness (QED) is 0.150. The van der Waals surface area contributed by atoms with Crippen LogP contribution in [0.5, 0.6) is 11.5 Å². The third-order valence-corrected chi connectivity index (χ3v) is 5.74. The summed E-state index contributed by atoms with van der Waals surface area (Å²) in [6.07, 6.45) is 3.88. The summed E-state index contributed by atoms with van der Waals surface area (Å²) < 4.78 is 24.4. The van der Waals surface area contributed by atoms with Crippen LogP contribution < -0.4 is 20.7 Å². The zero-order valence-electron chi connectivity index (χ0n) is 21.9. The Bertz CT molecular complexity index is 1500. The number of aromatic amines is 1. The van der Waals surface area contributed by atoms with Gasteiger partial charge in [0.2, 0.25) is 0 Å². The number of aromatic nitrogens is 2. The van der Waals surface area contributed by atoms with Crippen LogP contribution in [0.15, 0.2) is 73.1 Å². The fourth-order valence-electron chi connectivity index (χ4n) is 3.70. The SMILES string of the molecule is COC(=O)CCCNC(=O)c1c[nH]c(-c2cc(Oc3ccc(NC(=O)Nc4cc(C)ccc4F)cc3)ccn2)c1. The first-order valence-corrected chi connectivity index (χ1v) is 12.4. The van der Waals surface area contributed by atoms with Gasteiger partial charge < -0.3 is 30.4 Å². The first-order chi connectivity index (χ1) is 19.3. The molecular formula is C29H28FN5O5. The van der Waals surface area contributed by atoms with Crippen molar-refractivity contribution in [1.82, 2.24) is 15.3 Å². The highest BCUT2D eigenvalue weighted by atomic mass is 19.1. The number of aryl methyl sites for hydroxylation is 1. The molecule has 0 aliphatic carbocycles. The molecule has 0 unspecified atom stereocenters. The Kier molecular flexibility index (Phi) is 9.08. The summed E-state index contributed by atoms with van der Waals surface area (Å²) in [4.78, 5) is 43.2. The summed E-state index contributed by atoms with van der Waals surface area (Å²) in [5, 5.41) is 7.91. The van der Waals surface area contributed by atoms with Crippen molar-refractivity contribution in [1.29, 1.82) is 0 Å². The number of nitrogens with one attached hydrogen (secondary N) is 4. The van der Waals surface area contributed by atoms with Crippen LogP contribution in [0.3, 0.4) is 0 Å². The lowest BCUT2D eigenvalue weighted by Crippen LogP contribution is -2.24. The third kappa shape index (κ3) is 7.67. The maximum atomic E-state index is 13.9. The highest BCUT2D eigenvalue weighted by molar-refractivity contribution is 6.00. The van der Waals surface area contributed by atoms with Crippen molar-refractivity contribution in [2.45, 2.75) is 19.8 Å². The molecule has 10 nitrogen and oxygen atoms in total. The minimum Gasteiger partial charge on any atom is -0.469 e. The molecule has 0 atom stereocenters. The fraction of sp³-hybridized carbons (Fsp3) is 0.172. The van der Waals surface area contributed by atoms with Gasteiger partial charge in [-0.2, -0.15) is 0 Å². The average Bonchev–Trinajstić information content (AvgIpc) is 3.45. The monoisotopic (exact) mass is 545 g/mol. The Morgan fingerprint density at radius 3 is 2.55 bits per heavy atom. The highest BCUT2D eigenvalue weighted by Gasteiger charge is 2.12. The van der Waals surface area contributed by atoms with E-state index in [2.05, 4.69) is 30.7 Å². The molecule has 0 bridgehead atoms. The summed E-state index contributed by atoms with van der Waals surface area (Å²) in [5.41, 5.74) is 3.04. The molecule has 0 aliphatic rings. The Balaban J connectivity index is 1.32. The van der Waals surface area contributed by atoms with E-state index in [0.29, 0.717) is 47.1 Å².